The Kier molecular flexibility index (Phi) is 5.17. The van der Waals surface area contributed by atoms with E-state index in [4.69, 9.17) is 5.73 Å². The van der Waals surface area contributed by atoms with Crippen molar-refractivity contribution in [3.63, 3.8) is 0 Å². The molecule has 1 aliphatic heterocycles. The van der Waals surface area contributed by atoms with Crippen molar-refractivity contribution < 1.29 is 14.0 Å². The molecule has 2 amide bonds. The number of hydrogen-bond acceptors (Lipinski definition) is 6. The first kappa shape index (κ1) is 21.9. The van der Waals surface area contributed by atoms with Gasteiger partial charge in [0.05, 0.1) is 10.9 Å². The highest BCUT2D eigenvalue weighted by Gasteiger charge is 2.51. The lowest BCUT2D eigenvalue weighted by Crippen LogP contribution is -2.50. The Bertz CT molecular complexity index is 1450. The van der Waals surface area contributed by atoms with Crippen molar-refractivity contribution in [2.45, 2.75) is 37.9 Å². The molecule has 0 radical (unpaired) electrons. The number of hydrogen-bond donors (Lipinski definition) is 2. The summed E-state index contributed by atoms with van der Waals surface area (Å²) in [6, 6.07) is 9.32. The monoisotopic (exact) mass is 537 g/mol. The van der Waals surface area contributed by atoms with E-state index < -0.39 is 11.9 Å². The predicted octanol–water partition coefficient (Wildman–Crippen LogP) is 3.48. The van der Waals surface area contributed by atoms with Gasteiger partial charge in [0.15, 0.2) is 0 Å². The Labute approximate surface area is 207 Å². The number of aromatic nitrogens is 4. The minimum Gasteiger partial charge on any atom is -0.383 e. The topological polar surface area (TPSA) is 119 Å². The minimum absolute atomic E-state index is 0.0123. The average Bonchev–Trinajstić information content (AvgIpc) is 3.27. The number of nitrogens with zero attached hydrogens (tertiary/aromatic N) is 5. The lowest BCUT2D eigenvalue weighted by molar-refractivity contribution is -0.140. The zero-order valence-electron chi connectivity index (χ0n) is 18.5. The first-order valence-corrected chi connectivity index (χ1v) is 12.1. The van der Waals surface area contributed by atoms with Gasteiger partial charge in [0.25, 0.3) is 0 Å². The Morgan fingerprint density at radius 1 is 1.14 bits per heavy atom. The highest BCUT2D eigenvalue weighted by atomic mass is 79.9. The summed E-state index contributed by atoms with van der Waals surface area (Å²) in [6.07, 6.45) is 3.74. The largest absolute Gasteiger partial charge is 0.383 e. The zero-order valence-corrected chi connectivity index (χ0v) is 20.1. The van der Waals surface area contributed by atoms with Gasteiger partial charge in [0.1, 0.15) is 46.6 Å². The molecule has 0 spiro atoms. The van der Waals surface area contributed by atoms with Crippen molar-refractivity contribution in [2.75, 3.05) is 11.1 Å². The number of amides is 2. The number of fused-ring (bicyclic) bond motifs is 4. The predicted molar refractivity (Wildman–Crippen MR) is 132 cm³/mol. The van der Waals surface area contributed by atoms with E-state index >= 15 is 0 Å². The number of carbonyl (C=O) groups is 2. The number of anilines is 2. The number of likely N-dealkylation sites (tertiary alicyclic amines) is 1. The maximum atomic E-state index is 14.8. The number of rotatable bonds is 4. The third kappa shape index (κ3) is 3.53. The van der Waals surface area contributed by atoms with Crippen molar-refractivity contribution in [3.8, 4) is 0 Å². The normalized spacial score (nSPS) is 21.2. The lowest BCUT2D eigenvalue weighted by Gasteiger charge is -2.37. The van der Waals surface area contributed by atoms with E-state index in [0.717, 1.165) is 12.8 Å². The molecule has 4 aromatic rings. The van der Waals surface area contributed by atoms with E-state index in [9.17, 15) is 14.0 Å². The van der Waals surface area contributed by atoms with Crippen LogP contribution in [0.15, 0.2) is 47.3 Å². The SMILES string of the molecule is Nc1ncnc2c1c1c(F)cccc1n2CC(=O)N1[C@@H]2CC[C@@H]2C[C@H]1C(=O)Nc1cccc(Br)n1. The summed E-state index contributed by atoms with van der Waals surface area (Å²) in [5.41, 5.74) is 6.95. The molecule has 1 saturated carbocycles. The molecule has 6 rings (SSSR count). The van der Waals surface area contributed by atoms with E-state index in [1.54, 1.807) is 39.8 Å². The van der Waals surface area contributed by atoms with Crippen LogP contribution in [0.25, 0.3) is 21.9 Å². The standard InChI is InChI=1S/C24H21BrFN7O2/c25-17-5-2-6-18(30-17)31-24(35)16-9-12-7-8-14(12)33(16)19(34)10-32-15-4-1-3-13(26)20(15)21-22(27)28-11-29-23(21)32/h1-6,11-12,14,16H,7-10H2,(H2,27,28,29)(H,30,31,35)/t12-,14-,16+/m1/s1. The van der Waals surface area contributed by atoms with Gasteiger partial charge in [-0.25, -0.2) is 19.3 Å². The maximum Gasteiger partial charge on any atom is 0.248 e. The first-order chi connectivity index (χ1) is 16.9. The highest BCUT2D eigenvalue weighted by Crippen LogP contribution is 2.44. The molecule has 1 aliphatic carbocycles. The fourth-order valence-corrected chi connectivity index (χ4v) is 5.76. The van der Waals surface area contributed by atoms with Crippen LogP contribution in [-0.2, 0) is 16.1 Å². The number of halogens is 2. The molecular weight excluding hydrogens is 517 g/mol. The summed E-state index contributed by atoms with van der Waals surface area (Å²) in [4.78, 5) is 41.2. The quantitative estimate of drug-likeness (QED) is 0.384. The molecule has 1 saturated heterocycles. The van der Waals surface area contributed by atoms with Crippen LogP contribution in [0.4, 0.5) is 16.0 Å². The Hall–Kier alpha value is -3.60. The Balaban J connectivity index is 1.35. The lowest BCUT2D eigenvalue weighted by atomic mass is 9.80. The number of nitrogens with two attached hydrogens (primary N) is 1. The van der Waals surface area contributed by atoms with Crippen LogP contribution in [0.2, 0.25) is 0 Å². The van der Waals surface area contributed by atoms with Crippen molar-refractivity contribution in [1.29, 1.82) is 0 Å². The number of pyridine rings is 1. The van der Waals surface area contributed by atoms with Crippen LogP contribution in [0.3, 0.4) is 0 Å². The molecular formula is C24H21BrFN7O2. The molecule has 178 valence electrons. The number of carbonyl (C=O) groups excluding carboxylic acids is 2. The van der Waals surface area contributed by atoms with E-state index in [0.29, 0.717) is 39.3 Å². The first-order valence-electron chi connectivity index (χ1n) is 11.3. The van der Waals surface area contributed by atoms with Crippen LogP contribution < -0.4 is 11.1 Å². The van der Waals surface area contributed by atoms with Gasteiger partial charge in [-0.15, -0.1) is 0 Å². The Morgan fingerprint density at radius 2 is 1.97 bits per heavy atom. The highest BCUT2D eigenvalue weighted by molar-refractivity contribution is 9.10. The van der Waals surface area contributed by atoms with Gasteiger partial charge < -0.3 is 20.5 Å². The molecule has 3 N–H and O–H groups in total. The molecule has 4 heterocycles. The van der Waals surface area contributed by atoms with Crippen molar-refractivity contribution in [2.24, 2.45) is 5.92 Å². The van der Waals surface area contributed by atoms with Crippen molar-refractivity contribution >= 4 is 61.3 Å². The number of nitrogens with one attached hydrogen (secondary N) is 1. The van der Waals surface area contributed by atoms with Crippen molar-refractivity contribution in [3.05, 3.63) is 53.1 Å². The second-order valence-corrected chi connectivity index (χ2v) is 9.78. The van der Waals surface area contributed by atoms with Crippen LogP contribution in [0.1, 0.15) is 19.3 Å². The van der Waals surface area contributed by atoms with Gasteiger partial charge in [-0.3, -0.25) is 9.59 Å². The summed E-state index contributed by atoms with van der Waals surface area (Å²) in [7, 11) is 0. The van der Waals surface area contributed by atoms with Crippen molar-refractivity contribution in [1.82, 2.24) is 24.4 Å². The number of benzene rings is 1. The molecule has 2 fully saturated rings. The average molecular weight is 538 g/mol. The summed E-state index contributed by atoms with van der Waals surface area (Å²) < 4.78 is 17.1. The van der Waals surface area contributed by atoms with E-state index in [-0.39, 0.29) is 35.6 Å². The molecule has 1 aromatic carbocycles. The van der Waals surface area contributed by atoms with Crippen LogP contribution in [0.5, 0.6) is 0 Å². The van der Waals surface area contributed by atoms with Gasteiger partial charge in [0.2, 0.25) is 11.8 Å². The van der Waals surface area contributed by atoms with Crippen LogP contribution in [0, 0.1) is 11.7 Å². The maximum absolute atomic E-state index is 14.8. The summed E-state index contributed by atoms with van der Waals surface area (Å²) >= 11 is 3.31. The molecule has 35 heavy (non-hydrogen) atoms. The van der Waals surface area contributed by atoms with Gasteiger partial charge >= 0.3 is 0 Å². The fourth-order valence-electron chi connectivity index (χ4n) is 5.41. The molecule has 0 unspecified atom stereocenters. The molecule has 2 aliphatic rings. The summed E-state index contributed by atoms with van der Waals surface area (Å²) in [5.74, 6) is -0.0905. The van der Waals surface area contributed by atoms with E-state index in [1.165, 1.54) is 12.4 Å². The smallest absolute Gasteiger partial charge is 0.248 e. The van der Waals surface area contributed by atoms with Gasteiger partial charge in [-0.05, 0) is 65.4 Å². The molecule has 0 bridgehead atoms. The Morgan fingerprint density at radius 3 is 2.74 bits per heavy atom. The molecule has 11 heteroatoms. The second-order valence-electron chi connectivity index (χ2n) is 8.97. The fraction of sp³-hybridized carbons (Fsp3) is 0.292. The minimum atomic E-state index is -0.606. The zero-order chi connectivity index (χ0) is 24.3. The molecule has 3 atom stereocenters. The molecule has 3 aromatic heterocycles. The summed E-state index contributed by atoms with van der Waals surface area (Å²) in [5, 5.41) is 3.51. The van der Waals surface area contributed by atoms with Gasteiger partial charge in [-0.1, -0.05) is 12.1 Å². The van der Waals surface area contributed by atoms with E-state index in [1.807, 2.05) is 0 Å². The van der Waals surface area contributed by atoms with Crippen LogP contribution >= 0.6 is 15.9 Å². The molecule has 9 nitrogen and oxygen atoms in total. The second kappa shape index (κ2) is 8.26. The summed E-state index contributed by atoms with van der Waals surface area (Å²) in [6.45, 7) is -0.0952. The third-order valence-corrected chi connectivity index (χ3v) is 7.53. The van der Waals surface area contributed by atoms with E-state index in [2.05, 4.69) is 36.2 Å². The number of nitrogen functional groups attached to an aromatic ring is 1. The van der Waals surface area contributed by atoms with Gasteiger partial charge in [0, 0.05) is 11.4 Å². The van der Waals surface area contributed by atoms with Crippen LogP contribution in [-0.4, -0.2) is 48.3 Å². The van der Waals surface area contributed by atoms with Gasteiger partial charge in [-0.2, -0.15) is 0 Å². The third-order valence-electron chi connectivity index (χ3n) is 7.09.